The van der Waals surface area contributed by atoms with Crippen LogP contribution in [0.2, 0.25) is 0 Å². The fourth-order valence-corrected chi connectivity index (χ4v) is 3.26. The highest BCUT2D eigenvalue weighted by atomic mass is 19.1. The topological polar surface area (TPSA) is 89.8 Å². The number of nitrogen functional groups attached to an aromatic ring is 1. The van der Waals surface area contributed by atoms with Gasteiger partial charge in [-0.25, -0.2) is 14.1 Å². The summed E-state index contributed by atoms with van der Waals surface area (Å²) in [6.07, 6.45) is 0. The van der Waals surface area contributed by atoms with Crippen molar-refractivity contribution >= 4 is 16.9 Å². The maximum absolute atomic E-state index is 13.3. The van der Waals surface area contributed by atoms with E-state index in [0.29, 0.717) is 33.9 Å². The van der Waals surface area contributed by atoms with Crippen LogP contribution in [-0.2, 0) is 0 Å². The van der Waals surface area contributed by atoms with Gasteiger partial charge in [-0.3, -0.25) is 0 Å². The van der Waals surface area contributed by atoms with Crippen LogP contribution in [0.4, 0.5) is 10.2 Å². The normalized spacial score (nSPS) is 10.8. The van der Waals surface area contributed by atoms with Gasteiger partial charge in [0, 0.05) is 5.56 Å². The molecule has 0 spiro atoms. The summed E-state index contributed by atoms with van der Waals surface area (Å²) in [6, 6.07) is 15.5. The Morgan fingerprint density at radius 1 is 1.11 bits per heavy atom. The Morgan fingerprint density at radius 2 is 1.79 bits per heavy atom. The van der Waals surface area contributed by atoms with Crippen molar-refractivity contribution in [3.63, 3.8) is 0 Å². The number of rotatable bonds is 3. The van der Waals surface area contributed by atoms with Crippen molar-refractivity contribution in [1.29, 1.82) is 5.26 Å². The maximum Gasteiger partial charge on any atom is 0.166 e. The number of hydrogen-bond acceptors (Lipinski definition) is 5. The standard InChI is InChI=1S/C21H16FN5O/c1-12-18-19(13-3-9-16(28-2)10-4-13)17(11-23)20(24)25-21(18)27(26-12)15-7-5-14(22)6-8-15/h3-10H,1-2H3,(H2,24,25). The van der Waals surface area contributed by atoms with Gasteiger partial charge < -0.3 is 10.5 Å². The van der Waals surface area contributed by atoms with Crippen LogP contribution in [0.25, 0.3) is 27.8 Å². The first-order valence-electron chi connectivity index (χ1n) is 8.52. The van der Waals surface area contributed by atoms with E-state index in [2.05, 4.69) is 16.2 Å². The molecule has 2 aromatic heterocycles. The second-order valence-corrected chi connectivity index (χ2v) is 6.26. The number of halogens is 1. The number of fused-ring (bicyclic) bond motifs is 1. The summed E-state index contributed by atoms with van der Waals surface area (Å²) >= 11 is 0. The number of aryl methyl sites for hydroxylation is 1. The van der Waals surface area contributed by atoms with Crippen LogP contribution in [0, 0.1) is 24.1 Å². The first-order valence-corrected chi connectivity index (χ1v) is 8.52. The lowest BCUT2D eigenvalue weighted by Crippen LogP contribution is -2.02. The lowest BCUT2D eigenvalue weighted by Gasteiger charge is -2.11. The average Bonchev–Trinajstić information content (AvgIpc) is 3.03. The Labute approximate surface area is 160 Å². The van der Waals surface area contributed by atoms with Crippen LogP contribution in [0.1, 0.15) is 11.3 Å². The first kappa shape index (κ1) is 17.5. The van der Waals surface area contributed by atoms with Crippen LogP contribution >= 0.6 is 0 Å². The monoisotopic (exact) mass is 373 g/mol. The highest BCUT2D eigenvalue weighted by Gasteiger charge is 2.21. The minimum Gasteiger partial charge on any atom is -0.497 e. The summed E-state index contributed by atoms with van der Waals surface area (Å²) in [5, 5.41) is 15.0. The van der Waals surface area contributed by atoms with Crippen LogP contribution in [0.15, 0.2) is 48.5 Å². The molecule has 2 N–H and O–H groups in total. The molecule has 0 radical (unpaired) electrons. The molecular weight excluding hydrogens is 357 g/mol. The van der Waals surface area contributed by atoms with Crippen LogP contribution in [0.3, 0.4) is 0 Å². The summed E-state index contributed by atoms with van der Waals surface area (Å²) in [4.78, 5) is 4.42. The maximum atomic E-state index is 13.3. The van der Waals surface area contributed by atoms with Gasteiger partial charge in [-0.15, -0.1) is 0 Å². The molecule has 7 heteroatoms. The van der Waals surface area contributed by atoms with E-state index in [4.69, 9.17) is 10.5 Å². The van der Waals surface area contributed by atoms with Gasteiger partial charge in [-0.1, -0.05) is 12.1 Å². The van der Waals surface area contributed by atoms with Crippen molar-refractivity contribution in [2.45, 2.75) is 6.92 Å². The number of nitrogens with two attached hydrogens (primary N) is 1. The minimum absolute atomic E-state index is 0.115. The predicted octanol–water partition coefficient (Wildman–Crippen LogP) is 4.00. The molecule has 4 aromatic rings. The average molecular weight is 373 g/mol. The number of anilines is 1. The van der Waals surface area contributed by atoms with Crippen LogP contribution < -0.4 is 10.5 Å². The lowest BCUT2D eigenvalue weighted by atomic mass is 9.97. The van der Waals surface area contributed by atoms with E-state index >= 15 is 0 Å². The van der Waals surface area contributed by atoms with E-state index in [0.717, 1.165) is 10.9 Å². The largest absolute Gasteiger partial charge is 0.497 e. The number of methoxy groups -OCH3 is 1. The highest BCUT2D eigenvalue weighted by Crippen LogP contribution is 2.37. The quantitative estimate of drug-likeness (QED) is 0.586. The van der Waals surface area contributed by atoms with Gasteiger partial charge >= 0.3 is 0 Å². The molecule has 138 valence electrons. The lowest BCUT2D eigenvalue weighted by molar-refractivity contribution is 0.415. The van der Waals surface area contributed by atoms with E-state index < -0.39 is 0 Å². The zero-order valence-corrected chi connectivity index (χ0v) is 15.3. The molecule has 0 aliphatic heterocycles. The van der Waals surface area contributed by atoms with Gasteiger partial charge in [0.15, 0.2) is 5.65 Å². The van der Waals surface area contributed by atoms with E-state index in [-0.39, 0.29) is 11.6 Å². The zero-order valence-electron chi connectivity index (χ0n) is 15.3. The Balaban J connectivity index is 2.05. The highest BCUT2D eigenvalue weighted by molar-refractivity contribution is 6.00. The molecule has 2 aromatic carbocycles. The Bertz CT molecular complexity index is 1220. The number of aromatic nitrogens is 3. The Hall–Kier alpha value is -3.92. The van der Waals surface area contributed by atoms with Crippen LogP contribution in [0.5, 0.6) is 5.75 Å². The number of benzene rings is 2. The molecule has 28 heavy (non-hydrogen) atoms. The summed E-state index contributed by atoms with van der Waals surface area (Å²) in [7, 11) is 1.59. The number of hydrogen-bond donors (Lipinski definition) is 1. The molecule has 0 fully saturated rings. The number of nitriles is 1. The molecular formula is C21H16FN5O. The summed E-state index contributed by atoms with van der Waals surface area (Å²) in [6.45, 7) is 1.84. The number of ether oxygens (including phenoxy) is 1. The minimum atomic E-state index is -0.338. The van der Waals surface area contributed by atoms with Gasteiger partial charge in [0.2, 0.25) is 0 Å². The number of pyridine rings is 1. The first-order chi connectivity index (χ1) is 13.5. The van der Waals surface area contributed by atoms with Crippen molar-refractivity contribution in [2.24, 2.45) is 0 Å². The molecule has 6 nitrogen and oxygen atoms in total. The van der Waals surface area contributed by atoms with Gasteiger partial charge in [-0.2, -0.15) is 10.4 Å². The van der Waals surface area contributed by atoms with Crippen molar-refractivity contribution in [3.05, 3.63) is 65.6 Å². The molecule has 0 aliphatic carbocycles. The van der Waals surface area contributed by atoms with Crippen molar-refractivity contribution in [3.8, 4) is 28.6 Å². The smallest absolute Gasteiger partial charge is 0.166 e. The summed E-state index contributed by atoms with van der Waals surface area (Å²) in [5.41, 5.74) is 9.72. The van der Waals surface area contributed by atoms with E-state index in [1.54, 1.807) is 23.9 Å². The molecule has 0 bridgehead atoms. The molecule has 0 amide bonds. The van der Waals surface area contributed by atoms with Gasteiger partial charge in [0.05, 0.1) is 23.9 Å². The van der Waals surface area contributed by atoms with E-state index in [1.165, 1.54) is 12.1 Å². The van der Waals surface area contributed by atoms with E-state index in [1.807, 2.05) is 31.2 Å². The number of nitrogens with zero attached hydrogens (tertiary/aromatic N) is 4. The fraction of sp³-hybridized carbons (Fsp3) is 0.0952. The third-order valence-electron chi connectivity index (χ3n) is 4.58. The predicted molar refractivity (Wildman–Crippen MR) is 105 cm³/mol. The zero-order chi connectivity index (χ0) is 19.8. The summed E-state index contributed by atoms with van der Waals surface area (Å²) < 4.78 is 20.1. The SMILES string of the molecule is COc1ccc(-c2c(C#N)c(N)nc3c2c(C)nn3-c2ccc(F)cc2)cc1. The van der Waals surface area contributed by atoms with Gasteiger partial charge in [-0.05, 0) is 48.9 Å². The molecule has 2 heterocycles. The summed E-state index contributed by atoms with van der Waals surface area (Å²) in [5.74, 6) is 0.485. The van der Waals surface area contributed by atoms with Gasteiger partial charge in [0.1, 0.15) is 29.0 Å². The van der Waals surface area contributed by atoms with Gasteiger partial charge in [0.25, 0.3) is 0 Å². The molecule has 0 unspecified atom stereocenters. The van der Waals surface area contributed by atoms with Crippen LogP contribution in [-0.4, -0.2) is 21.9 Å². The molecule has 0 saturated carbocycles. The Kier molecular flexibility index (Phi) is 4.17. The van der Waals surface area contributed by atoms with Crippen molar-refractivity contribution < 1.29 is 9.13 Å². The molecule has 0 saturated heterocycles. The third-order valence-corrected chi connectivity index (χ3v) is 4.58. The third kappa shape index (κ3) is 2.72. The second kappa shape index (κ2) is 6.67. The molecule has 0 aliphatic rings. The second-order valence-electron chi connectivity index (χ2n) is 6.26. The van der Waals surface area contributed by atoms with Crippen molar-refractivity contribution in [2.75, 3.05) is 12.8 Å². The Morgan fingerprint density at radius 3 is 2.39 bits per heavy atom. The molecule has 0 atom stereocenters. The fourth-order valence-electron chi connectivity index (χ4n) is 3.26. The molecule has 4 rings (SSSR count). The van der Waals surface area contributed by atoms with Crippen molar-refractivity contribution in [1.82, 2.24) is 14.8 Å². The van der Waals surface area contributed by atoms with E-state index in [9.17, 15) is 9.65 Å².